The van der Waals surface area contributed by atoms with Gasteiger partial charge in [0.15, 0.2) is 6.73 Å². The fraction of sp³-hybridized carbons (Fsp3) is 0.235. The summed E-state index contributed by atoms with van der Waals surface area (Å²) in [6, 6.07) is 7.12. The summed E-state index contributed by atoms with van der Waals surface area (Å²) in [5.74, 6) is 0.439. The number of nitrogens with one attached hydrogen (secondary N) is 1. The average molecular weight is 360 g/mol. The van der Waals surface area contributed by atoms with Crippen LogP contribution in [0.5, 0.6) is 5.75 Å². The molecule has 0 bridgehead atoms. The van der Waals surface area contributed by atoms with Crippen LogP contribution in [0.1, 0.15) is 21.7 Å². The van der Waals surface area contributed by atoms with Gasteiger partial charge < -0.3 is 10.1 Å². The Balaban J connectivity index is 1.64. The van der Waals surface area contributed by atoms with Crippen molar-refractivity contribution in [3.05, 3.63) is 58.6 Å². The maximum Gasteiger partial charge on any atom is 0.259 e. The molecule has 2 heterocycles. The second-order valence-electron chi connectivity index (χ2n) is 5.62. The molecule has 7 nitrogen and oxygen atoms in total. The van der Waals surface area contributed by atoms with E-state index in [4.69, 9.17) is 16.3 Å². The molecule has 0 saturated heterocycles. The van der Waals surface area contributed by atoms with Gasteiger partial charge >= 0.3 is 0 Å². The molecule has 0 spiro atoms. The Morgan fingerprint density at radius 2 is 2.16 bits per heavy atom. The maximum atomic E-state index is 12.4. The molecule has 130 valence electrons. The monoisotopic (exact) mass is 359 g/mol. The Hall–Kier alpha value is -2.80. The van der Waals surface area contributed by atoms with E-state index < -0.39 is 0 Å². The summed E-state index contributed by atoms with van der Waals surface area (Å²) in [5.41, 5.74) is 2.66. The molecule has 0 fully saturated rings. The van der Waals surface area contributed by atoms with Gasteiger partial charge in [0.25, 0.3) is 5.91 Å². The fourth-order valence-electron chi connectivity index (χ4n) is 2.49. The molecule has 0 aliphatic heterocycles. The first-order valence-corrected chi connectivity index (χ1v) is 8.04. The van der Waals surface area contributed by atoms with Gasteiger partial charge in [-0.15, -0.1) is 0 Å². The first-order chi connectivity index (χ1) is 11.9. The lowest BCUT2D eigenvalue weighted by Gasteiger charge is -2.06. The fourth-order valence-corrected chi connectivity index (χ4v) is 2.67. The van der Waals surface area contributed by atoms with E-state index in [1.54, 1.807) is 33.9 Å². The zero-order valence-electron chi connectivity index (χ0n) is 14.2. The Morgan fingerprint density at radius 1 is 1.36 bits per heavy atom. The number of rotatable bonds is 5. The molecule has 0 radical (unpaired) electrons. The first-order valence-electron chi connectivity index (χ1n) is 7.66. The molecular formula is C17H18ClN5O2. The van der Waals surface area contributed by atoms with Crippen molar-refractivity contribution in [2.75, 3.05) is 5.32 Å². The third kappa shape index (κ3) is 3.83. The molecule has 0 unspecified atom stereocenters. The quantitative estimate of drug-likeness (QED) is 0.759. The number of carbonyl (C=O) groups excluding carboxylic acids is 1. The number of amides is 1. The highest BCUT2D eigenvalue weighted by Gasteiger charge is 2.17. The van der Waals surface area contributed by atoms with E-state index in [2.05, 4.69) is 15.5 Å². The number of carbonyl (C=O) groups is 1. The summed E-state index contributed by atoms with van der Waals surface area (Å²) in [6.45, 7) is 3.88. The predicted molar refractivity (Wildman–Crippen MR) is 94.9 cm³/mol. The van der Waals surface area contributed by atoms with Gasteiger partial charge in [0.05, 0.1) is 29.3 Å². The molecule has 0 saturated carbocycles. The van der Waals surface area contributed by atoms with E-state index in [9.17, 15) is 4.79 Å². The number of halogens is 1. The number of hydrogen-bond acceptors (Lipinski definition) is 4. The zero-order valence-corrected chi connectivity index (χ0v) is 14.9. The Kier molecular flexibility index (Phi) is 4.76. The van der Waals surface area contributed by atoms with Crippen molar-refractivity contribution in [2.45, 2.75) is 20.6 Å². The molecule has 0 atom stereocenters. The van der Waals surface area contributed by atoms with Gasteiger partial charge in [0, 0.05) is 17.8 Å². The van der Waals surface area contributed by atoms with Crippen molar-refractivity contribution in [2.24, 2.45) is 7.05 Å². The molecule has 1 N–H and O–H groups in total. The van der Waals surface area contributed by atoms with Crippen LogP contribution in [0, 0.1) is 13.8 Å². The number of nitrogens with zero attached hydrogens (tertiary/aromatic N) is 4. The largest absolute Gasteiger partial charge is 0.471 e. The van der Waals surface area contributed by atoms with Crippen LogP contribution in [0.2, 0.25) is 5.02 Å². The normalized spacial score (nSPS) is 10.7. The van der Waals surface area contributed by atoms with Gasteiger partial charge in [-0.1, -0.05) is 17.7 Å². The van der Waals surface area contributed by atoms with Gasteiger partial charge in [-0.25, -0.2) is 4.68 Å². The van der Waals surface area contributed by atoms with E-state index in [0.717, 1.165) is 5.69 Å². The maximum absolute atomic E-state index is 12.4. The summed E-state index contributed by atoms with van der Waals surface area (Å²) < 4.78 is 8.88. The van der Waals surface area contributed by atoms with E-state index in [1.165, 1.54) is 0 Å². The van der Waals surface area contributed by atoms with Crippen molar-refractivity contribution in [3.8, 4) is 5.75 Å². The zero-order chi connectivity index (χ0) is 18.0. The molecular weight excluding hydrogens is 342 g/mol. The van der Waals surface area contributed by atoms with Gasteiger partial charge in [0.1, 0.15) is 5.75 Å². The number of aromatic nitrogens is 4. The number of anilines is 1. The van der Waals surface area contributed by atoms with Crippen molar-refractivity contribution in [3.63, 3.8) is 0 Å². The van der Waals surface area contributed by atoms with Crippen molar-refractivity contribution in [1.82, 2.24) is 19.6 Å². The number of aryl methyl sites for hydroxylation is 2. The highest BCUT2D eigenvalue weighted by Crippen LogP contribution is 2.18. The molecule has 0 aliphatic carbocycles. The third-order valence-electron chi connectivity index (χ3n) is 3.79. The summed E-state index contributed by atoms with van der Waals surface area (Å²) in [4.78, 5) is 12.4. The van der Waals surface area contributed by atoms with Crippen LogP contribution in [-0.2, 0) is 13.8 Å². The van der Waals surface area contributed by atoms with Crippen LogP contribution >= 0.6 is 11.6 Å². The molecule has 25 heavy (non-hydrogen) atoms. The molecule has 8 heteroatoms. The second-order valence-corrected chi connectivity index (χ2v) is 6.06. The highest BCUT2D eigenvalue weighted by atomic mass is 35.5. The van der Waals surface area contributed by atoms with Crippen LogP contribution in [0.15, 0.2) is 36.7 Å². The van der Waals surface area contributed by atoms with E-state index in [0.29, 0.717) is 27.7 Å². The van der Waals surface area contributed by atoms with Crippen LogP contribution in [0.25, 0.3) is 0 Å². The second kappa shape index (κ2) is 6.98. The molecule has 1 amide bonds. The van der Waals surface area contributed by atoms with Crippen molar-refractivity contribution < 1.29 is 9.53 Å². The average Bonchev–Trinajstić information content (AvgIpc) is 3.10. The lowest BCUT2D eigenvalue weighted by molar-refractivity contribution is 0.102. The minimum absolute atomic E-state index is 0.209. The summed E-state index contributed by atoms with van der Waals surface area (Å²) in [5, 5.41) is 11.9. The summed E-state index contributed by atoms with van der Waals surface area (Å²) >= 11 is 5.92. The standard InChI is InChI=1S/C17H18ClN5O2/c1-11-16(12(2)22(3)21-11)17(24)20-14-8-19-23(9-14)10-25-15-6-4-5-13(18)7-15/h4-9H,10H2,1-3H3,(H,20,24). The summed E-state index contributed by atoms with van der Waals surface area (Å²) in [6.07, 6.45) is 3.27. The van der Waals surface area contributed by atoms with Crippen molar-refractivity contribution in [1.29, 1.82) is 0 Å². The van der Waals surface area contributed by atoms with Crippen LogP contribution < -0.4 is 10.1 Å². The highest BCUT2D eigenvalue weighted by molar-refractivity contribution is 6.30. The minimum atomic E-state index is -0.210. The molecule has 2 aromatic heterocycles. The van der Waals surface area contributed by atoms with E-state index >= 15 is 0 Å². The van der Waals surface area contributed by atoms with Crippen molar-refractivity contribution >= 4 is 23.2 Å². The summed E-state index contributed by atoms with van der Waals surface area (Å²) in [7, 11) is 1.81. The Morgan fingerprint density at radius 3 is 2.84 bits per heavy atom. The number of benzene rings is 1. The molecule has 1 aromatic carbocycles. The minimum Gasteiger partial charge on any atom is -0.471 e. The van der Waals surface area contributed by atoms with E-state index in [1.807, 2.05) is 33.0 Å². The van der Waals surface area contributed by atoms with Gasteiger partial charge in [-0.05, 0) is 32.0 Å². The van der Waals surface area contributed by atoms with Gasteiger partial charge in [0.2, 0.25) is 0 Å². The lowest BCUT2D eigenvalue weighted by Crippen LogP contribution is -2.13. The Bertz CT molecular complexity index is 916. The first kappa shape index (κ1) is 17.0. The topological polar surface area (TPSA) is 74.0 Å². The number of ether oxygens (including phenoxy) is 1. The molecule has 3 rings (SSSR count). The van der Waals surface area contributed by atoms with Gasteiger partial charge in [-0.2, -0.15) is 10.2 Å². The van der Waals surface area contributed by atoms with Crippen LogP contribution in [0.3, 0.4) is 0 Å². The smallest absolute Gasteiger partial charge is 0.259 e. The van der Waals surface area contributed by atoms with E-state index in [-0.39, 0.29) is 12.6 Å². The lowest BCUT2D eigenvalue weighted by atomic mass is 10.2. The SMILES string of the molecule is Cc1nn(C)c(C)c1C(=O)Nc1cnn(COc2cccc(Cl)c2)c1. The number of hydrogen-bond donors (Lipinski definition) is 1. The molecule has 3 aromatic rings. The van der Waals surface area contributed by atoms with Crippen LogP contribution in [0.4, 0.5) is 5.69 Å². The third-order valence-corrected chi connectivity index (χ3v) is 4.02. The predicted octanol–water partition coefficient (Wildman–Crippen LogP) is 3.18. The van der Waals surface area contributed by atoms with Gasteiger partial charge in [-0.3, -0.25) is 9.48 Å². The Labute approximate surface area is 150 Å². The molecule has 0 aliphatic rings. The van der Waals surface area contributed by atoms with Crippen LogP contribution in [-0.4, -0.2) is 25.5 Å².